The van der Waals surface area contributed by atoms with Gasteiger partial charge in [0.1, 0.15) is 0 Å². The van der Waals surface area contributed by atoms with Crippen molar-refractivity contribution < 1.29 is 4.79 Å². The van der Waals surface area contributed by atoms with Crippen LogP contribution in [0.3, 0.4) is 0 Å². The molecule has 0 saturated carbocycles. The first-order chi connectivity index (χ1) is 7.66. The highest BCUT2D eigenvalue weighted by atomic mass is 79.9. The van der Waals surface area contributed by atoms with Gasteiger partial charge in [0.25, 0.3) is 0 Å². The lowest BCUT2D eigenvalue weighted by Gasteiger charge is -2.12. The molecule has 16 heavy (non-hydrogen) atoms. The highest BCUT2D eigenvalue weighted by molar-refractivity contribution is 9.10. The zero-order valence-corrected chi connectivity index (χ0v) is 10.9. The Bertz CT molecular complexity index is 405. The third kappa shape index (κ3) is 2.75. The van der Waals surface area contributed by atoms with E-state index in [4.69, 9.17) is 11.6 Å². The Morgan fingerprint density at radius 1 is 1.56 bits per heavy atom. The van der Waals surface area contributed by atoms with E-state index >= 15 is 0 Å². The summed E-state index contributed by atoms with van der Waals surface area (Å²) in [7, 11) is 0. The quantitative estimate of drug-likeness (QED) is 0.882. The molecule has 1 aromatic carbocycles. The molecular weight excluding hydrogens is 291 g/mol. The summed E-state index contributed by atoms with van der Waals surface area (Å²) in [5.74, 6) is 0.0144. The maximum atomic E-state index is 11.8. The van der Waals surface area contributed by atoms with Crippen LogP contribution in [0.25, 0.3) is 0 Å². The average molecular weight is 304 g/mol. The second kappa shape index (κ2) is 5.17. The van der Waals surface area contributed by atoms with E-state index in [1.165, 1.54) is 0 Å². The van der Waals surface area contributed by atoms with Crippen LogP contribution in [0.2, 0.25) is 5.02 Å². The largest absolute Gasteiger partial charge is 0.324 e. The van der Waals surface area contributed by atoms with Gasteiger partial charge in [-0.25, -0.2) is 0 Å². The van der Waals surface area contributed by atoms with Crippen LogP contribution in [0.5, 0.6) is 0 Å². The van der Waals surface area contributed by atoms with Crippen molar-refractivity contribution in [3.8, 4) is 0 Å². The normalized spacial score (nSPS) is 19.8. The van der Waals surface area contributed by atoms with Crippen molar-refractivity contribution in [1.29, 1.82) is 0 Å². The number of rotatable bonds is 2. The SMILES string of the molecule is O=C(Nc1ccc(Cl)cc1Br)[C@@H]1CCCN1. The minimum absolute atomic E-state index is 0.0144. The molecule has 1 aliphatic rings. The van der Waals surface area contributed by atoms with Gasteiger partial charge in [0, 0.05) is 9.50 Å². The summed E-state index contributed by atoms with van der Waals surface area (Å²) in [5.41, 5.74) is 0.753. The number of benzene rings is 1. The predicted octanol–water partition coefficient (Wildman–Crippen LogP) is 2.79. The first kappa shape index (κ1) is 11.9. The van der Waals surface area contributed by atoms with E-state index in [0.29, 0.717) is 5.02 Å². The van der Waals surface area contributed by atoms with Crippen molar-refractivity contribution in [2.45, 2.75) is 18.9 Å². The van der Waals surface area contributed by atoms with Gasteiger partial charge < -0.3 is 10.6 Å². The minimum atomic E-state index is -0.0671. The Hall–Kier alpha value is -0.580. The fraction of sp³-hybridized carbons (Fsp3) is 0.364. The van der Waals surface area contributed by atoms with Crippen LogP contribution in [0.4, 0.5) is 5.69 Å². The van der Waals surface area contributed by atoms with E-state index in [1.54, 1.807) is 18.2 Å². The standard InChI is InChI=1S/C11H12BrClN2O/c12-8-6-7(13)3-4-9(8)15-11(16)10-2-1-5-14-10/h3-4,6,10,14H,1-2,5H2,(H,15,16)/t10-/m0/s1. The molecule has 5 heteroatoms. The molecule has 2 N–H and O–H groups in total. The van der Waals surface area contributed by atoms with E-state index < -0.39 is 0 Å². The van der Waals surface area contributed by atoms with Gasteiger partial charge in [-0.2, -0.15) is 0 Å². The van der Waals surface area contributed by atoms with Crippen LogP contribution in [0, 0.1) is 0 Å². The second-order valence-electron chi connectivity index (χ2n) is 3.76. The Kier molecular flexibility index (Phi) is 3.84. The Balaban J connectivity index is 2.05. The smallest absolute Gasteiger partial charge is 0.241 e. The van der Waals surface area contributed by atoms with Gasteiger partial charge in [0.2, 0.25) is 5.91 Å². The summed E-state index contributed by atoms with van der Waals surface area (Å²) in [6.45, 7) is 0.917. The molecule has 86 valence electrons. The summed E-state index contributed by atoms with van der Waals surface area (Å²) in [6.07, 6.45) is 1.96. The molecule has 1 aliphatic heterocycles. The number of carbonyl (C=O) groups excluding carboxylic acids is 1. The summed E-state index contributed by atoms with van der Waals surface area (Å²) in [5, 5.41) is 6.67. The molecular formula is C11H12BrClN2O. The molecule has 2 rings (SSSR count). The van der Waals surface area contributed by atoms with E-state index in [-0.39, 0.29) is 11.9 Å². The number of amides is 1. The lowest BCUT2D eigenvalue weighted by atomic mass is 10.2. The summed E-state index contributed by atoms with van der Waals surface area (Å²) >= 11 is 9.19. The zero-order valence-electron chi connectivity index (χ0n) is 8.59. The number of nitrogens with one attached hydrogen (secondary N) is 2. The van der Waals surface area contributed by atoms with Crippen molar-refractivity contribution in [3.63, 3.8) is 0 Å². The van der Waals surface area contributed by atoms with Gasteiger partial charge in [0.15, 0.2) is 0 Å². The van der Waals surface area contributed by atoms with E-state index in [0.717, 1.165) is 29.5 Å². The minimum Gasteiger partial charge on any atom is -0.324 e. The third-order valence-corrected chi connectivity index (χ3v) is 3.46. The number of carbonyl (C=O) groups is 1. The Morgan fingerprint density at radius 2 is 2.38 bits per heavy atom. The fourth-order valence-corrected chi connectivity index (χ4v) is 2.50. The molecule has 0 aromatic heterocycles. The lowest BCUT2D eigenvalue weighted by molar-refractivity contribution is -0.117. The van der Waals surface area contributed by atoms with Crippen molar-refractivity contribution in [1.82, 2.24) is 5.32 Å². The van der Waals surface area contributed by atoms with Gasteiger partial charge in [0.05, 0.1) is 11.7 Å². The van der Waals surface area contributed by atoms with Crippen LogP contribution in [0.1, 0.15) is 12.8 Å². The van der Waals surface area contributed by atoms with Gasteiger partial charge in [-0.05, 0) is 53.5 Å². The first-order valence-electron chi connectivity index (χ1n) is 5.16. The maximum Gasteiger partial charge on any atom is 0.241 e. The van der Waals surface area contributed by atoms with Crippen LogP contribution in [0.15, 0.2) is 22.7 Å². The second-order valence-corrected chi connectivity index (χ2v) is 5.05. The molecule has 0 aliphatic carbocycles. The number of anilines is 1. The van der Waals surface area contributed by atoms with Crippen LogP contribution >= 0.6 is 27.5 Å². The lowest BCUT2D eigenvalue weighted by Crippen LogP contribution is -2.35. The molecule has 0 unspecified atom stereocenters. The van der Waals surface area contributed by atoms with Gasteiger partial charge >= 0.3 is 0 Å². The molecule has 1 heterocycles. The maximum absolute atomic E-state index is 11.8. The van der Waals surface area contributed by atoms with E-state index in [9.17, 15) is 4.79 Å². The van der Waals surface area contributed by atoms with Crippen LogP contribution in [-0.4, -0.2) is 18.5 Å². The van der Waals surface area contributed by atoms with Crippen molar-refractivity contribution in [2.24, 2.45) is 0 Å². The average Bonchev–Trinajstić information content (AvgIpc) is 2.75. The number of hydrogen-bond acceptors (Lipinski definition) is 2. The molecule has 1 atom stereocenters. The van der Waals surface area contributed by atoms with Crippen molar-refractivity contribution in [3.05, 3.63) is 27.7 Å². The number of halogens is 2. The third-order valence-electron chi connectivity index (χ3n) is 2.57. The van der Waals surface area contributed by atoms with E-state index in [2.05, 4.69) is 26.6 Å². The molecule has 1 saturated heterocycles. The van der Waals surface area contributed by atoms with Gasteiger partial charge in [-0.1, -0.05) is 11.6 Å². The first-order valence-corrected chi connectivity index (χ1v) is 6.33. The molecule has 0 spiro atoms. The molecule has 0 radical (unpaired) electrons. The van der Waals surface area contributed by atoms with Gasteiger partial charge in [-0.15, -0.1) is 0 Å². The molecule has 3 nitrogen and oxygen atoms in total. The van der Waals surface area contributed by atoms with Crippen molar-refractivity contribution in [2.75, 3.05) is 11.9 Å². The predicted molar refractivity (Wildman–Crippen MR) is 68.8 cm³/mol. The summed E-state index contributed by atoms with van der Waals surface area (Å²) < 4.78 is 0.798. The van der Waals surface area contributed by atoms with Gasteiger partial charge in [-0.3, -0.25) is 4.79 Å². The van der Waals surface area contributed by atoms with Crippen LogP contribution < -0.4 is 10.6 Å². The topological polar surface area (TPSA) is 41.1 Å². The highest BCUT2D eigenvalue weighted by Gasteiger charge is 2.22. The Labute approximate surface area is 108 Å². The van der Waals surface area contributed by atoms with E-state index in [1.807, 2.05) is 0 Å². The molecule has 1 fully saturated rings. The summed E-state index contributed by atoms with van der Waals surface area (Å²) in [6, 6.07) is 5.24. The Morgan fingerprint density at radius 3 is 3.00 bits per heavy atom. The fourth-order valence-electron chi connectivity index (χ4n) is 1.72. The molecule has 1 aromatic rings. The monoisotopic (exact) mass is 302 g/mol. The highest BCUT2D eigenvalue weighted by Crippen LogP contribution is 2.26. The molecule has 1 amide bonds. The van der Waals surface area contributed by atoms with Crippen molar-refractivity contribution >= 4 is 39.1 Å². The summed E-state index contributed by atoms with van der Waals surface area (Å²) in [4.78, 5) is 11.8. The van der Waals surface area contributed by atoms with Crippen LogP contribution in [-0.2, 0) is 4.79 Å². The number of hydrogen-bond donors (Lipinski definition) is 2. The molecule has 0 bridgehead atoms. The zero-order chi connectivity index (χ0) is 11.5.